The number of nitrogens with zero attached hydrogens (tertiary/aromatic N) is 3. The first-order valence-electron chi connectivity index (χ1n) is 7.37. The van der Waals surface area contributed by atoms with Crippen molar-refractivity contribution in [2.75, 3.05) is 6.26 Å². The average Bonchev–Trinajstić information content (AvgIpc) is 3.01. The third kappa shape index (κ3) is 3.29. The molecule has 0 aliphatic heterocycles. The lowest BCUT2D eigenvalue weighted by Crippen LogP contribution is -2.03. The number of aromatic nitrogens is 2. The fraction of sp³-hybridized carbons (Fsp3) is 0.118. The minimum atomic E-state index is -3.49. The van der Waals surface area contributed by atoms with Crippen molar-refractivity contribution in [1.29, 1.82) is 0 Å². The van der Waals surface area contributed by atoms with Gasteiger partial charge in [-0.15, -0.1) is 0 Å². The lowest BCUT2D eigenvalue weighted by molar-refractivity contribution is -0.384. The summed E-state index contributed by atoms with van der Waals surface area (Å²) in [7, 11) is -3.49. The molecule has 0 unspecified atom stereocenters. The van der Waals surface area contributed by atoms with Crippen molar-refractivity contribution in [3.8, 4) is 16.9 Å². The maximum absolute atomic E-state index is 12.1. The Kier molecular flexibility index (Phi) is 4.13. The van der Waals surface area contributed by atoms with E-state index in [4.69, 9.17) is 0 Å². The van der Waals surface area contributed by atoms with Crippen molar-refractivity contribution >= 4 is 15.5 Å². The molecule has 0 aliphatic rings. The topological polar surface area (TPSA) is 95.1 Å². The quantitative estimate of drug-likeness (QED) is 0.528. The van der Waals surface area contributed by atoms with Crippen LogP contribution in [-0.2, 0) is 9.84 Å². The zero-order valence-electron chi connectivity index (χ0n) is 13.6. The molecule has 0 N–H and O–H groups in total. The molecule has 0 radical (unpaired) electrons. The molecule has 0 atom stereocenters. The number of non-ortho nitro benzene ring substituents is 1. The molecule has 0 spiro atoms. The smallest absolute Gasteiger partial charge is 0.258 e. The number of nitro groups is 1. The zero-order chi connectivity index (χ0) is 18.2. The van der Waals surface area contributed by atoms with Gasteiger partial charge in [0.1, 0.15) is 4.90 Å². The first kappa shape index (κ1) is 16.8. The molecular formula is C17H15N3O4S. The van der Waals surface area contributed by atoms with Crippen LogP contribution in [0, 0.1) is 17.0 Å². The second-order valence-corrected chi connectivity index (χ2v) is 7.67. The van der Waals surface area contributed by atoms with Gasteiger partial charge in [0, 0.05) is 24.0 Å². The highest BCUT2D eigenvalue weighted by molar-refractivity contribution is 7.90. The van der Waals surface area contributed by atoms with Crippen LogP contribution in [0.1, 0.15) is 5.56 Å². The molecule has 0 saturated heterocycles. The maximum atomic E-state index is 12.1. The Balaban J connectivity index is 2.22. The number of benzene rings is 2. The summed E-state index contributed by atoms with van der Waals surface area (Å²) in [6.07, 6.45) is 2.42. The predicted molar refractivity (Wildman–Crippen MR) is 93.5 cm³/mol. The summed E-state index contributed by atoms with van der Waals surface area (Å²) in [4.78, 5) is 10.4. The Morgan fingerprint density at radius 1 is 1.04 bits per heavy atom. The highest BCUT2D eigenvalue weighted by atomic mass is 32.2. The molecule has 3 rings (SSSR count). The molecule has 25 heavy (non-hydrogen) atoms. The molecule has 0 saturated carbocycles. The van der Waals surface area contributed by atoms with Gasteiger partial charge in [-0.3, -0.25) is 10.1 Å². The molecule has 7 nitrogen and oxygen atoms in total. The normalized spacial score (nSPS) is 11.4. The monoisotopic (exact) mass is 357 g/mol. The van der Waals surface area contributed by atoms with E-state index in [0.29, 0.717) is 16.9 Å². The van der Waals surface area contributed by atoms with Crippen molar-refractivity contribution in [2.24, 2.45) is 0 Å². The van der Waals surface area contributed by atoms with Crippen LogP contribution in [-0.4, -0.2) is 29.4 Å². The Morgan fingerprint density at radius 3 is 2.16 bits per heavy atom. The van der Waals surface area contributed by atoms with Gasteiger partial charge in [0.15, 0.2) is 9.84 Å². The average molecular weight is 357 g/mol. The summed E-state index contributed by atoms with van der Waals surface area (Å²) < 4.78 is 25.8. The van der Waals surface area contributed by atoms with Crippen molar-refractivity contribution in [3.05, 3.63) is 70.4 Å². The highest BCUT2D eigenvalue weighted by Crippen LogP contribution is 2.30. The fourth-order valence-electron chi connectivity index (χ4n) is 2.49. The predicted octanol–water partition coefficient (Wildman–Crippen LogP) is 3.16. The van der Waals surface area contributed by atoms with Crippen LogP contribution in [0.4, 0.5) is 5.69 Å². The van der Waals surface area contributed by atoms with Crippen LogP contribution in [0.5, 0.6) is 0 Å². The minimum absolute atomic E-state index is 0.0453. The fourth-order valence-corrected chi connectivity index (χ4v) is 3.29. The van der Waals surface area contributed by atoms with Crippen molar-refractivity contribution in [1.82, 2.24) is 9.78 Å². The summed E-state index contributed by atoms with van der Waals surface area (Å²) in [6, 6.07) is 13.2. The highest BCUT2D eigenvalue weighted by Gasteiger charge is 2.21. The SMILES string of the molecule is Cc1ccc(-c2c(S(C)(=O)=O)cnn2-c2ccc([N+](=O)[O-])cc2)cc1. The number of hydrogen-bond acceptors (Lipinski definition) is 5. The third-order valence-electron chi connectivity index (χ3n) is 3.77. The van der Waals surface area contributed by atoms with Gasteiger partial charge in [-0.05, 0) is 19.1 Å². The maximum Gasteiger partial charge on any atom is 0.269 e. The first-order chi connectivity index (χ1) is 11.8. The summed E-state index contributed by atoms with van der Waals surface area (Å²) in [6.45, 7) is 1.94. The molecule has 0 amide bonds. The van der Waals surface area contributed by atoms with Crippen molar-refractivity contribution in [2.45, 2.75) is 11.8 Å². The van der Waals surface area contributed by atoms with Gasteiger partial charge in [-0.25, -0.2) is 13.1 Å². The van der Waals surface area contributed by atoms with Crippen LogP contribution in [0.15, 0.2) is 59.6 Å². The Labute approximate surface area is 144 Å². The summed E-state index contributed by atoms with van der Waals surface area (Å²) in [5.74, 6) is 0. The van der Waals surface area contributed by atoms with Gasteiger partial charge in [0.2, 0.25) is 0 Å². The molecular weight excluding hydrogens is 342 g/mol. The summed E-state index contributed by atoms with van der Waals surface area (Å²) in [5.41, 5.74) is 2.66. The van der Waals surface area contributed by atoms with Gasteiger partial charge in [-0.2, -0.15) is 5.10 Å². The van der Waals surface area contributed by atoms with Crippen LogP contribution in [0.25, 0.3) is 16.9 Å². The number of nitro benzene ring substituents is 1. The first-order valence-corrected chi connectivity index (χ1v) is 9.26. The summed E-state index contributed by atoms with van der Waals surface area (Å²) >= 11 is 0. The molecule has 3 aromatic rings. The van der Waals surface area contributed by atoms with E-state index in [-0.39, 0.29) is 10.6 Å². The van der Waals surface area contributed by atoms with Crippen molar-refractivity contribution in [3.63, 3.8) is 0 Å². The Morgan fingerprint density at radius 2 is 1.64 bits per heavy atom. The van der Waals surface area contributed by atoms with Gasteiger partial charge in [0.05, 0.1) is 22.5 Å². The van der Waals surface area contributed by atoms with Crippen LogP contribution in [0.2, 0.25) is 0 Å². The van der Waals surface area contributed by atoms with Gasteiger partial charge < -0.3 is 0 Å². The lowest BCUT2D eigenvalue weighted by atomic mass is 10.1. The van der Waals surface area contributed by atoms with Gasteiger partial charge >= 0.3 is 0 Å². The number of hydrogen-bond donors (Lipinski definition) is 0. The second kappa shape index (κ2) is 6.14. The van der Waals surface area contributed by atoms with E-state index < -0.39 is 14.8 Å². The molecule has 0 bridgehead atoms. The second-order valence-electron chi connectivity index (χ2n) is 5.68. The van der Waals surface area contributed by atoms with Crippen LogP contribution < -0.4 is 0 Å². The number of sulfone groups is 1. The lowest BCUT2D eigenvalue weighted by Gasteiger charge is -2.10. The Hall–Kier alpha value is -3.00. The van der Waals surface area contributed by atoms with Crippen LogP contribution >= 0.6 is 0 Å². The molecule has 2 aromatic carbocycles. The van der Waals surface area contributed by atoms with E-state index in [1.807, 2.05) is 31.2 Å². The molecule has 0 fully saturated rings. The van der Waals surface area contributed by atoms with Crippen molar-refractivity contribution < 1.29 is 13.3 Å². The van der Waals surface area contributed by atoms with Gasteiger partial charge in [-0.1, -0.05) is 29.8 Å². The van der Waals surface area contributed by atoms with Crippen LogP contribution in [0.3, 0.4) is 0 Å². The number of aryl methyl sites for hydroxylation is 1. The van der Waals surface area contributed by atoms with E-state index >= 15 is 0 Å². The molecule has 0 aliphatic carbocycles. The zero-order valence-corrected chi connectivity index (χ0v) is 14.4. The van der Waals surface area contributed by atoms with E-state index in [9.17, 15) is 18.5 Å². The van der Waals surface area contributed by atoms with E-state index in [2.05, 4.69) is 5.10 Å². The molecule has 128 valence electrons. The molecule has 8 heteroatoms. The van der Waals surface area contributed by atoms with Gasteiger partial charge in [0.25, 0.3) is 5.69 Å². The van der Waals surface area contributed by atoms with E-state index in [0.717, 1.165) is 11.8 Å². The Bertz CT molecular complexity index is 1040. The molecule has 1 aromatic heterocycles. The standard InChI is InChI=1S/C17H15N3O4S/c1-12-3-5-13(6-4-12)17-16(25(2,23)24)11-18-19(17)14-7-9-15(10-8-14)20(21)22/h3-11H,1-2H3. The third-order valence-corrected chi connectivity index (χ3v) is 4.86. The largest absolute Gasteiger partial charge is 0.269 e. The minimum Gasteiger partial charge on any atom is -0.258 e. The molecule has 1 heterocycles. The number of rotatable bonds is 4. The summed E-state index contributed by atoms with van der Waals surface area (Å²) in [5, 5.41) is 15.0. The van der Waals surface area contributed by atoms with E-state index in [1.54, 1.807) is 0 Å². The van der Waals surface area contributed by atoms with E-state index in [1.165, 1.54) is 35.1 Å².